The molecule has 0 radical (unpaired) electrons. The second kappa shape index (κ2) is 6.40. The Morgan fingerprint density at radius 2 is 2.23 bits per heavy atom. The van der Waals surface area contributed by atoms with Gasteiger partial charge in [0.2, 0.25) is 0 Å². The summed E-state index contributed by atoms with van der Waals surface area (Å²) in [5, 5.41) is 17.3. The molecule has 1 atom stereocenters. The molecule has 3 heterocycles. The molecule has 1 aromatic rings. The minimum atomic E-state index is 0.223. The lowest BCUT2D eigenvalue weighted by molar-refractivity contribution is 0.223. The van der Waals surface area contributed by atoms with Crippen LogP contribution < -0.4 is 10.6 Å². The van der Waals surface area contributed by atoms with Crippen LogP contribution in [0.5, 0.6) is 0 Å². The van der Waals surface area contributed by atoms with Crippen molar-refractivity contribution in [1.82, 2.24) is 10.2 Å². The van der Waals surface area contributed by atoms with E-state index in [1.165, 1.54) is 15.4 Å². The Labute approximate surface area is 135 Å². The van der Waals surface area contributed by atoms with E-state index in [1.54, 1.807) is 11.3 Å². The van der Waals surface area contributed by atoms with E-state index >= 15 is 0 Å². The predicted molar refractivity (Wildman–Crippen MR) is 92.7 cm³/mol. The number of fused-ring (bicyclic) bond motifs is 1. The molecule has 2 aliphatic heterocycles. The molecule has 2 aliphatic rings. The van der Waals surface area contributed by atoms with Gasteiger partial charge in [0.1, 0.15) is 10.8 Å². The Morgan fingerprint density at radius 1 is 1.41 bits per heavy atom. The Morgan fingerprint density at radius 3 is 3.00 bits per heavy atom. The molecule has 6 heteroatoms. The Hall–Kier alpha value is -1.37. The first-order chi connectivity index (χ1) is 10.6. The lowest BCUT2D eigenvalue weighted by Crippen LogP contribution is -2.53. The highest BCUT2D eigenvalue weighted by Gasteiger charge is 2.26. The monoisotopic (exact) mass is 320 g/mol. The van der Waals surface area contributed by atoms with Gasteiger partial charge in [-0.05, 0) is 33.3 Å². The van der Waals surface area contributed by atoms with Crippen molar-refractivity contribution in [2.45, 2.75) is 33.2 Å². The number of aliphatic hydroxyl groups is 1. The maximum Gasteiger partial charge on any atom is 0.139 e. The highest BCUT2D eigenvalue weighted by Crippen LogP contribution is 2.33. The Bertz CT molecular complexity index is 618. The summed E-state index contributed by atoms with van der Waals surface area (Å²) < 4.78 is 0. The van der Waals surface area contributed by atoms with Gasteiger partial charge in [-0.25, -0.2) is 4.99 Å². The average Bonchev–Trinajstić information content (AvgIpc) is 2.80. The van der Waals surface area contributed by atoms with E-state index in [4.69, 9.17) is 4.99 Å². The van der Waals surface area contributed by atoms with Crippen LogP contribution >= 0.6 is 11.3 Å². The zero-order valence-corrected chi connectivity index (χ0v) is 14.3. The van der Waals surface area contributed by atoms with E-state index in [2.05, 4.69) is 42.4 Å². The number of anilines is 1. The van der Waals surface area contributed by atoms with E-state index in [9.17, 15) is 5.11 Å². The van der Waals surface area contributed by atoms with Crippen LogP contribution in [0.25, 0.3) is 0 Å². The standard InChI is InChI=1S/C16H24N4OS/c1-10-8-14-15(18-11(2)12(3)19-16(14)22-10)20-6-5-17-13(9-20)4-7-21/h8,13,17,19,21H,4-7,9H2,1-3H3. The minimum Gasteiger partial charge on any atom is -0.396 e. The third kappa shape index (κ3) is 3.04. The lowest BCUT2D eigenvalue weighted by Gasteiger charge is -2.35. The number of aliphatic imine (C=N–C) groups is 1. The molecule has 0 saturated carbocycles. The molecule has 0 aliphatic carbocycles. The second-order valence-corrected chi connectivity index (χ2v) is 7.24. The number of hydrogen-bond donors (Lipinski definition) is 3. The zero-order valence-electron chi connectivity index (χ0n) is 13.4. The van der Waals surface area contributed by atoms with Gasteiger partial charge in [0, 0.05) is 42.9 Å². The zero-order chi connectivity index (χ0) is 15.7. The van der Waals surface area contributed by atoms with Crippen molar-refractivity contribution in [3.63, 3.8) is 0 Å². The number of amidine groups is 1. The summed E-state index contributed by atoms with van der Waals surface area (Å²) in [4.78, 5) is 8.55. The van der Waals surface area contributed by atoms with Crippen molar-refractivity contribution in [1.29, 1.82) is 0 Å². The van der Waals surface area contributed by atoms with Crippen LogP contribution in [-0.2, 0) is 0 Å². The van der Waals surface area contributed by atoms with E-state index in [-0.39, 0.29) is 6.61 Å². The highest BCUT2D eigenvalue weighted by atomic mass is 32.1. The van der Waals surface area contributed by atoms with Crippen molar-refractivity contribution in [2.24, 2.45) is 4.99 Å². The summed E-state index contributed by atoms with van der Waals surface area (Å²) in [7, 11) is 0. The van der Waals surface area contributed by atoms with Crippen LogP contribution in [0.2, 0.25) is 0 Å². The summed E-state index contributed by atoms with van der Waals surface area (Å²) in [6, 6.07) is 2.55. The van der Waals surface area contributed by atoms with Gasteiger partial charge in [0.05, 0.1) is 11.3 Å². The van der Waals surface area contributed by atoms with Gasteiger partial charge in [0.25, 0.3) is 0 Å². The summed E-state index contributed by atoms with van der Waals surface area (Å²) in [6.45, 7) is 9.25. The number of allylic oxidation sites excluding steroid dienone is 2. The molecule has 0 aromatic carbocycles. The number of nitrogens with zero attached hydrogens (tertiary/aromatic N) is 2. The summed E-state index contributed by atoms with van der Waals surface area (Å²) in [5.41, 5.74) is 3.34. The van der Waals surface area contributed by atoms with Crippen LogP contribution in [0.1, 0.15) is 30.7 Å². The fourth-order valence-corrected chi connectivity index (χ4v) is 3.91. The van der Waals surface area contributed by atoms with Crippen LogP contribution in [-0.4, -0.2) is 48.1 Å². The van der Waals surface area contributed by atoms with Gasteiger partial charge in [-0.3, -0.25) is 0 Å². The second-order valence-electron chi connectivity index (χ2n) is 5.98. The summed E-state index contributed by atoms with van der Waals surface area (Å²) >= 11 is 1.78. The van der Waals surface area contributed by atoms with Gasteiger partial charge in [-0.2, -0.15) is 0 Å². The minimum absolute atomic E-state index is 0.223. The van der Waals surface area contributed by atoms with Crippen LogP contribution in [0.4, 0.5) is 5.00 Å². The average molecular weight is 320 g/mol. The van der Waals surface area contributed by atoms with Gasteiger partial charge in [0.15, 0.2) is 0 Å². The van der Waals surface area contributed by atoms with E-state index in [0.717, 1.165) is 43.3 Å². The van der Waals surface area contributed by atoms with E-state index in [0.29, 0.717) is 6.04 Å². The normalized spacial score (nSPS) is 22.1. The molecule has 0 bridgehead atoms. The third-order valence-corrected chi connectivity index (χ3v) is 5.21. The molecular formula is C16H24N4OS. The van der Waals surface area contributed by atoms with Gasteiger partial charge >= 0.3 is 0 Å². The van der Waals surface area contributed by atoms with E-state index < -0.39 is 0 Å². The number of piperazine rings is 1. The number of hydrogen-bond acceptors (Lipinski definition) is 6. The van der Waals surface area contributed by atoms with Crippen molar-refractivity contribution < 1.29 is 5.11 Å². The van der Waals surface area contributed by atoms with Crippen LogP contribution in [0.15, 0.2) is 22.5 Å². The Kier molecular flexibility index (Phi) is 4.52. The smallest absolute Gasteiger partial charge is 0.139 e. The summed E-state index contributed by atoms with van der Waals surface area (Å²) in [5.74, 6) is 1.06. The number of nitrogens with one attached hydrogen (secondary N) is 2. The molecule has 120 valence electrons. The fraction of sp³-hybridized carbons (Fsp3) is 0.562. The van der Waals surface area contributed by atoms with Crippen molar-refractivity contribution in [3.05, 3.63) is 27.9 Å². The maximum absolute atomic E-state index is 9.19. The number of thiophene rings is 1. The third-order valence-electron chi connectivity index (χ3n) is 4.25. The Balaban J connectivity index is 1.95. The molecule has 0 spiro atoms. The molecule has 1 fully saturated rings. The molecule has 0 amide bonds. The number of aryl methyl sites for hydroxylation is 1. The first kappa shape index (κ1) is 15.5. The van der Waals surface area contributed by atoms with Gasteiger partial charge in [-0.1, -0.05) is 0 Å². The van der Waals surface area contributed by atoms with Crippen molar-refractivity contribution in [3.8, 4) is 0 Å². The maximum atomic E-state index is 9.19. The van der Waals surface area contributed by atoms with Gasteiger partial charge in [-0.15, -0.1) is 11.3 Å². The predicted octanol–water partition coefficient (Wildman–Crippen LogP) is 2.14. The first-order valence-corrected chi connectivity index (χ1v) is 8.63. The molecule has 3 N–H and O–H groups in total. The molecular weight excluding hydrogens is 296 g/mol. The first-order valence-electron chi connectivity index (χ1n) is 7.81. The van der Waals surface area contributed by atoms with E-state index in [1.807, 2.05) is 0 Å². The summed E-state index contributed by atoms with van der Waals surface area (Å²) in [6.07, 6.45) is 0.783. The molecule has 5 nitrogen and oxygen atoms in total. The van der Waals surface area contributed by atoms with Crippen LogP contribution in [0, 0.1) is 6.92 Å². The largest absolute Gasteiger partial charge is 0.396 e. The molecule has 22 heavy (non-hydrogen) atoms. The quantitative estimate of drug-likeness (QED) is 0.781. The highest BCUT2D eigenvalue weighted by molar-refractivity contribution is 7.16. The van der Waals surface area contributed by atoms with Crippen molar-refractivity contribution >= 4 is 22.2 Å². The molecule has 3 rings (SSSR count). The van der Waals surface area contributed by atoms with Crippen molar-refractivity contribution in [2.75, 3.05) is 31.6 Å². The SMILES string of the molecule is CC1=C(C)Nc2sc(C)cc2C(N2CCNC(CCO)C2)=N1. The number of rotatable bonds is 2. The number of aliphatic hydroxyl groups excluding tert-OH is 1. The fourth-order valence-electron chi connectivity index (χ4n) is 2.94. The topological polar surface area (TPSA) is 59.9 Å². The molecule has 1 saturated heterocycles. The van der Waals surface area contributed by atoms with Gasteiger partial charge < -0.3 is 20.6 Å². The van der Waals surface area contributed by atoms with Crippen LogP contribution in [0.3, 0.4) is 0 Å². The molecule has 1 aromatic heterocycles. The molecule has 1 unspecified atom stereocenters. The lowest BCUT2D eigenvalue weighted by atomic mass is 10.1.